The fourth-order valence-corrected chi connectivity index (χ4v) is 6.80. The molecule has 0 bridgehead atoms. The van der Waals surface area contributed by atoms with Crippen LogP contribution in [0.3, 0.4) is 0 Å². The lowest BCUT2D eigenvalue weighted by Gasteiger charge is -2.29. The molecule has 9 nitrogen and oxygen atoms in total. The highest BCUT2D eigenvalue weighted by Crippen LogP contribution is 2.33. The summed E-state index contributed by atoms with van der Waals surface area (Å²) in [6, 6.07) is 18.8. The van der Waals surface area contributed by atoms with E-state index in [1.807, 2.05) is 24.3 Å². The van der Waals surface area contributed by atoms with Crippen molar-refractivity contribution in [2.75, 3.05) is 32.3 Å². The van der Waals surface area contributed by atoms with Gasteiger partial charge in [-0.1, -0.05) is 18.3 Å². The molecule has 1 aromatic heterocycles. The highest BCUT2D eigenvalue weighted by molar-refractivity contribution is 7.89. The molecule has 5 rings (SSSR count). The maximum absolute atomic E-state index is 13.7. The van der Waals surface area contributed by atoms with E-state index in [2.05, 4.69) is 17.0 Å². The molecule has 0 unspecified atom stereocenters. The zero-order valence-electron chi connectivity index (χ0n) is 22.5. The number of amides is 1. The average molecular weight is 579 g/mol. The molecule has 0 atom stereocenters. The molecule has 0 saturated carbocycles. The van der Waals surface area contributed by atoms with E-state index in [-0.39, 0.29) is 10.5 Å². The monoisotopic (exact) mass is 578 g/mol. The van der Waals surface area contributed by atoms with Gasteiger partial charge >= 0.3 is 0 Å². The number of piperidine rings is 1. The van der Waals surface area contributed by atoms with Crippen molar-refractivity contribution in [3.63, 3.8) is 0 Å². The van der Waals surface area contributed by atoms with Crippen LogP contribution in [-0.4, -0.2) is 57.1 Å². The zero-order chi connectivity index (χ0) is 28.3. The van der Waals surface area contributed by atoms with Crippen molar-refractivity contribution in [3.05, 3.63) is 77.9 Å². The summed E-state index contributed by atoms with van der Waals surface area (Å²) in [7, 11) is -0.446. The summed E-state index contributed by atoms with van der Waals surface area (Å²) >= 11 is 1.30. The van der Waals surface area contributed by atoms with Crippen LogP contribution in [-0.2, 0) is 10.0 Å². The lowest BCUT2D eigenvalue weighted by molar-refractivity contribution is 0.0987. The Hall–Kier alpha value is -3.80. The van der Waals surface area contributed by atoms with Gasteiger partial charge in [-0.2, -0.15) is 14.4 Å². The van der Waals surface area contributed by atoms with E-state index < -0.39 is 15.9 Å². The summed E-state index contributed by atoms with van der Waals surface area (Å²) in [5.74, 6) is 1.47. The summed E-state index contributed by atoms with van der Waals surface area (Å²) in [6.45, 7) is 3.13. The van der Waals surface area contributed by atoms with E-state index >= 15 is 0 Å². The van der Waals surface area contributed by atoms with Crippen molar-refractivity contribution in [1.82, 2.24) is 9.29 Å². The first kappa shape index (κ1) is 27.8. The molecule has 11 heteroatoms. The number of methoxy groups -OCH3 is 2. The second-order valence-corrected chi connectivity index (χ2v) is 12.5. The van der Waals surface area contributed by atoms with Gasteiger partial charge < -0.3 is 9.47 Å². The number of fused-ring (bicyclic) bond motifs is 1. The Morgan fingerprint density at radius 3 is 2.30 bits per heavy atom. The number of carbonyl (C=O) groups is 1. The number of ether oxygens (including phenoxy) is 2. The van der Waals surface area contributed by atoms with Crippen LogP contribution in [0.1, 0.15) is 35.7 Å². The Morgan fingerprint density at radius 2 is 1.65 bits per heavy atom. The molecule has 0 radical (unpaired) electrons. The van der Waals surface area contributed by atoms with E-state index in [4.69, 9.17) is 9.47 Å². The number of aromatic nitrogens is 1. The normalized spacial score (nSPS) is 15.0. The molecule has 4 aromatic rings. The maximum Gasteiger partial charge on any atom is 0.280 e. The Bertz CT molecular complexity index is 1630. The van der Waals surface area contributed by atoms with Crippen LogP contribution in [0, 0.1) is 5.92 Å². The predicted molar refractivity (Wildman–Crippen MR) is 157 cm³/mol. The fraction of sp³-hybridized carbons (Fsp3) is 0.276. The first-order valence-corrected chi connectivity index (χ1v) is 15.1. The Balaban J connectivity index is 1.46. The summed E-state index contributed by atoms with van der Waals surface area (Å²) in [5, 5.41) is 6.10. The molecule has 1 saturated heterocycles. The second-order valence-electron chi connectivity index (χ2n) is 9.58. The van der Waals surface area contributed by atoms with E-state index in [1.54, 1.807) is 38.6 Å². The van der Waals surface area contributed by atoms with Gasteiger partial charge in [0.15, 0.2) is 0 Å². The largest absolute Gasteiger partial charge is 0.497 e. The number of hydrazone groups is 1. The molecule has 2 heterocycles. The molecule has 40 heavy (non-hydrogen) atoms. The minimum absolute atomic E-state index is 0.166. The summed E-state index contributed by atoms with van der Waals surface area (Å²) < 4.78 is 39.2. The number of hydrogen-bond acceptors (Lipinski definition) is 8. The van der Waals surface area contributed by atoms with Gasteiger partial charge in [0.1, 0.15) is 11.5 Å². The summed E-state index contributed by atoms with van der Waals surface area (Å²) in [5.41, 5.74) is 1.75. The molecule has 0 aliphatic carbocycles. The number of carbonyl (C=O) groups excluding carboxylic acids is 1. The number of sulfonamides is 1. The third-order valence-corrected chi connectivity index (χ3v) is 9.78. The minimum Gasteiger partial charge on any atom is -0.497 e. The number of rotatable bonds is 8. The lowest BCUT2D eigenvalue weighted by Crippen LogP contribution is -2.37. The van der Waals surface area contributed by atoms with Crippen molar-refractivity contribution in [2.24, 2.45) is 11.0 Å². The predicted octanol–water partition coefficient (Wildman–Crippen LogP) is 5.42. The molecule has 0 spiro atoms. The van der Waals surface area contributed by atoms with E-state index in [1.165, 1.54) is 44.9 Å². The Labute approximate surface area is 237 Å². The number of benzene rings is 3. The highest BCUT2D eigenvalue weighted by atomic mass is 32.2. The number of thiazole rings is 1. The van der Waals surface area contributed by atoms with E-state index in [9.17, 15) is 13.2 Å². The van der Waals surface area contributed by atoms with Gasteiger partial charge in [0, 0.05) is 18.7 Å². The van der Waals surface area contributed by atoms with Crippen molar-refractivity contribution < 1.29 is 22.7 Å². The van der Waals surface area contributed by atoms with Crippen LogP contribution in [0.4, 0.5) is 5.13 Å². The average Bonchev–Trinajstić information content (AvgIpc) is 3.40. The third-order valence-electron chi connectivity index (χ3n) is 6.88. The SMILES string of the molecule is COc1ccc(/C=N/N(C(=O)c2ccc(S(=O)(=O)N3CCC(C)CC3)cc2)c2nc3ccc(OC)cc3s2)cc1. The first-order chi connectivity index (χ1) is 19.3. The van der Waals surface area contributed by atoms with E-state index in [0.29, 0.717) is 41.2 Å². The van der Waals surface area contributed by atoms with Crippen LogP contribution >= 0.6 is 11.3 Å². The molecule has 208 valence electrons. The zero-order valence-corrected chi connectivity index (χ0v) is 24.1. The third kappa shape index (κ3) is 5.86. The van der Waals surface area contributed by atoms with Gasteiger partial charge in [0.05, 0.1) is 35.5 Å². The van der Waals surface area contributed by atoms with Gasteiger partial charge in [0.25, 0.3) is 5.91 Å². The van der Waals surface area contributed by atoms with Crippen LogP contribution in [0.5, 0.6) is 11.5 Å². The molecular formula is C29H30N4O5S2. The van der Waals surface area contributed by atoms with Gasteiger partial charge in [-0.15, -0.1) is 0 Å². The van der Waals surface area contributed by atoms with Crippen LogP contribution < -0.4 is 14.5 Å². The van der Waals surface area contributed by atoms with Crippen molar-refractivity contribution >= 4 is 48.8 Å². The molecule has 1 aliphatic rings. The van der Waals surface area contributed by atoms with Crippen LogP contribution in [0.15, 0.2) is 76.7 Å². The number of anilines is 1. The van der Waals surface area contributed by atoms with Crippen molar-refractivity contribution in [1.29, 1.82) is 0 Å². The van der Waals surface area contributed by atoms with Crippen molar-refractivity contribution in [2.45, 2.75) is 24.7 Å². The molecule has 0 N–H and O–H groups in total. The highest BCUT2D eigenvalue weighted by Gasteiger charge is 2.29. The summed E-state index contributed by atoms with van der Waals surface area (Å²) in [4.78, 5) is 18.5. The maximum atomic E-state index is 13.7. The number of hydrogen-bond donors (Lipinski definition) is 0. The fourth-order valence-electron chi connectivity index (χ4n) is 4.38. The Morgan fingerprint density at radius 1 is 1.00 bits per heavy atom. The quantitative estimate of drug-likeness (QED) is 0.205. The molecule has 3 aromatic carbocycles. The second kappa shape index (κ2) is 11.7. The smallest absolute Gasteiger partial charge is 0.280 e. The van der Waals surface area contributed by atoms with E-state index in [0.717, 1.165) is 23.1 Å². The van der Waals surface area contributed by atoms with Gasteiger partial charge in [-0.3, -0.25) is 4.79 Å². The van der Waals surface area contributed by atoms with Crippen LogP contribution in [0.2, 0.25) is 0 Å². The van der Waals surface area contributed by atoms with Gasteiger partial charge in [0.2, 0.25) is 15.2 Å². The van der Waals surface area contributed by atoms with Crippen molar-refractivity contribution in [3.8, 4) is 11.5 Å². The Kier molecular flexibility index (Phi) is 8.15. The molecule has 1 aliphatic heterocycles. The number of nitrogens with zero attached hydrogens (tertiary/aromatic N) is 4. The molecular weight excluding hydrogens is 548 g/mol. The van der Waals surface area contributed by atoms with Gasteiger partial charge in [-0.25, -0.2) is 13.4 Å². The minimum atomic E-state index is -3.63. The van der Waals surface area contributed by atoms with Crippen LogP contribution in [0.25, 0.3) is 10.2 Å². The first-order valence-electron chi connectivity index (χ1n) is 12.9. The molecule has 1 fully saturated rings. The van der Waals surface area contributed by atoms with Gasteiger partial charge in [-0.05, 0) is 91.1 Å². The standard InChI is InChI=1S/C29H30N4O5S2/c1-20-14-16-32(17-15-20)40(35,36)25-11-6-22(7-12-25)28(34)33(30-19-21-4-8-23(37-2)9-5-21)29-31-26-13-10-24(38-3)18-27(26)39-29/h4-13,18-20H,14-17H2,1-3H3/b30-19+. The lowest BCUT2D eigenvalue weighted by atomic mass is 10.0. The summed E-state index contributed by atoms with van der Waals surface area (Å²) in [6.07, 6.45) is 3.25. The topological polar surface area (TPSA) is 101 Å². The molecule has 1 amide bonds.